The van der Waals surface area contributed by atoms with Crippen molar-refractivity contribution in [3.63, 3.8) is 0 Å². The number of pyridine rings is 1. The smallest absolute Gasteiger partial charge is 0.106 e. The number of nitrogens with zero attached hydrogens (tertiary/aromatic N) is 1. The Hall–Kier alpha value is -0.890. The van der Waals surface area contributed by atoms with Crippen molar-refractivity contribution in [2.24, 2.45) is 5.92 Å². The summed E-state index contributed by atoms with van der Waals surface area (Å²) in [6, 6.07) is 5.67. The molecule has 1 aromatic rings. The predicted octanol–water partition coefficient (Wildman–Crippen LogP) is 1.70. The van der Waals surface area contributed by atoms with Crippen LogP contribution in [-0.4, -0.2) is 10.1 Å². The summed E-state index contributed by atoms with van der Waals surface area (Å²) in [5.41, 5.74) is 0.0915. The van der Waals surface area contributed by atoms with E-state index in [4.69, 9.17) is 0 Å². The fourth-order valence-electron chi connectivity index (χ4n) is 1.52. The summed E-state index contributed by atoms with van der Waals surface area (Å²) < 4.78 is 0. The Balaban J connectivity index is 2.28. The molecule has 64 valence electrons. The van der Waals surface area contributed by atoms with Crippen molar-refractivity contribution in [3.8, 4) is 0 Å². The van der Waals surface area contributed by atoms with Crippen LogP contribution in [-0.2, 0) is 5.60 Å². The Morgan fingerprint density at radius 3 is 2.75 bits per heavy atom. The molecule has 1 N–H and O–H groups in total. The van der Waals surface area contributed by atoms with Gasteiger partial charge >= 0.3 is 0 Å². The minimum absolute atomic E-state index is 0.424. The fraction of sp³-hybridized carbons (Fsp3) is 0.500. The Bertz CT molecular complexity index is 264. The van der Waals surface area contributed by atoms with Gasteiger partial charge in [-0.1, -0.05) is 6.07 Å². The van der Waals surface area contributed by atoms with Gasteiger partial charge in [0.1, 0.15) is 5.60 Å². The average molecular weight is 163 g/mol. The van der Waals surface area contributed by atoms with Crippen LogP contribution in [0.3, 0.4) is 0 Å². The Morgan fingerprint density at radius 1 is 1.50 bits per heavy atom. The van der Waals surface area contributed by atoms with Gasteiger partial charge in [-0.2, -0.15) is 0 Å². The van der Waals surface area contributed by atoms with Gasteiger partial charge in [-0.05, 0) is 37.8 Å². The zero-order valence-corrected chi connectivity index (χ0v) is 7.20. The molecular formula is C10H13NO. The highest BCUT2D eigenvalue weighted by molar-refractivity contribution is 5.15. The van der Waals surface area contributed by atoms with E-state index < -0.39 is 5.60 Å². The summed E-state index contributed by atoms with van der Waals surface area (Å²) in [5, 5.41) is 10.1. The summed E-state index contributed by atoms with van der Waals surface area (Å²) in [6.07, 6.45) is 3.99. The maximum atomic E-state index is 10.1. The Labute approximate surface area is 72.3 Å². The summed E-state index contributed by atoms with van der Waals surface area (Å²) in [4.78, 5) is 4.16. The van der Waals surface area contributed by atoms with Crippen LogP contribution in [0.15, 0.2) is 24.4 Å². The van der Waals surface area contributed by atoms with Crippen molar-refractivity contribution in [1.82, 2.24) is 4.98 Å². The Morgan fingerprint density at radius 2 is 2.25 bits per heavy atom. The third kappa shape index (κ3) is 1.23. The van der Waals surface area contributed by atoms with Crippen LogP contribution in [0.5, 0.6) is 0 Å². The number of hydrogen-bond donors (Lipinski definition) is 1. The first-order valence-corrected chi connectivity index (χ1v) is 4.35. The molecule has 0 spiro atoms. The quantitative estimate of drug-likeness (QED) is 0.719. The third-order valence-corrected chi connectivity index (χ3v) is 2.56. The maximum absolute atomic E-state index is 10.1. The van der Waals surface area contributed by atoms with Crippen LogP contribution in [0.4, 0.5) is 0 Å². The van der Waals surface area contributed by atoms with Gasteiger partial charge in [-0.25, -0.2) is 0 Å². The van der Waals surface area contributed by atoms with Crippen molar-refractivity contribution < 1.29 is 5.11 Å². The molecule has 1 saturated carbocycles. The molecule has 0 amide bonds. The minimum Gasteiger partial charge on any atom is -0.384 e. The highest BCUT2D eigenvalue weighted by Gasteiger charge is 2.41. The lowest BCUT2D eigenvalue weighted by atomic mass is 9.96. The molecule has 0 unspecified atom stereocenters. The normalized spacial score (nSPS) is 21.8. The lowest BCUT2D eigenvalue weighted by Gasteiger charge is -2.21. The molecule has 12 heavy (non-hydrogen) atoms. The molecule has 0 aromatic carbocycles. The van der Waals surface area contributed by atoms with Gasteiger partial charge in [0.15, 0.2) is 0 Å². The van der Waals surface area contributed by atoms with Crippen molar-refractivity contribution in [2.45, 2.75) is 25.4 Å². The lowest BCUT2D eigenvalue weighted by Crippen LogP contribution is -2.24. The molecule has 1 fully saturated rings. The second-order valence-corrected chi connectivity index (χ2v) is 3.64. The van der Waals surface area contributed by atoms with Gasteiger partial charge in [-0.3, -0.25) is 4.98 Å². The van der Waals surface area contributed by atoms with E-state index in [0.29, 0.717) is 5.92 Å². The molecule has 2 rings (SSSR count). The van der Waals surface area contributed by atoms with E-state index in [1.54, 1.807) is 6.20 Å². The number of aromatic nitrogens is 1. The van der Waals surface area contributed by atoms with E-state index in [1.165, 1.54) is 0 Å². The number of aliphatic hydroxyl groups is 1. The van der Waals surface area contributed by atoms with Gasteiger partial charge in [0.05, 0.1) is 5.69 Å². The summed E-state index contributed by atoms with van der Waals surface area (Å²) >= 11 is 0. The monoisotopic (exact) mass is 163 g/mol. The van der Waals surface area contributed by atoms with Crippen LogP contribution in [0.1, 0.15) is 25.5 Å². The standard InChI is InChI=1S/C10H13NO/c1-10(12,8-5-6-8)9-4-2-3-7-11-9/h2-4,7-8,12H,5-6H2,1H3/t10-/m1/s1. The fourth-order valence-corrected chi connectivity index (χ4v) is 1.52. The van der Waals surface area contributed by atoms with E-state index in [9.17, 15) is 5.11 Å². The first-order valence-electron chi connectivity index (χ1n) is 4.35. The zero-order valence-electron chi connectivity index (χ0n) is 7.20. The largest absolute Gasteiger partial charge is 0.384 e. The number of rotatable bonds is 2. The third-order valence-electron chi connectivity index (χ3n) is 2.56. The highest BCUT2D eigenvalue weighted by Crippen LogP contribution is 2.44. The minimum atomic E-state index is -0.707. The first kappa shape index (κ1) is 7.74. The molecule has 1 atom stereocenters. The predicted molar refractivity (Wildman–Crippen MR) is 46.5 cm³/mol. The van der Waals surface area contributed by atoms with Gasteiger partial charge in [0, 0.05) is 6.20 Å². The van der Waals surface area contributed by atoms with Crippen molar-refractivity contribution in [1.29, 1.82) is 0 Å². The molecule has 1 aromatic heterocycles. The van der Waals surface area contributed by atoms with Crippen LogP contribution in [0.2, 0.25) is 0 Å². The second kappa shape index (κ2) is 2.56. The van der Waals surface area contributed by atoms with E-state index >= 15 is 0 Å². The maximum Gasteiger partial charge on any atom is 0.106 e. The topological polar surface area (TPSA) is 33.1 Å². The number of hydrogen-bond acceptors (Lipinski definition) is 2. The molecule has 0 radical (unpaired) electrons. The second-order valence-electron chi connectivity index (χ2n) is 3.64. The van der Waals surface area contributed by atoms with Gasteiger partial charge in [0.25, 0.3) is 0 Å². The molecule has 1 aliphatic carbocycles. The Kier molecular flexibility index (Phi) is 1.65. The van der Waals surface area contributed by atoms with E-state index in [-0.39, 0.29) is 0 Å². The van der Waals surface area contributed by atoms with Crippen LogP contribution < -0.4 is 0 Å². The summed E-state index contributed by atoms with van der Waals surface area (Å²) in [6.45, 7) is 1.85. The molecule has 0 aliphatic heterocycles. The highest BCUT2D eigenvalue weighted by atomic mass is 16.3. The molecule has 1 heterocycles. The van der Waals surface area contributed by atoms with E-state index in [1.807, 2.05) is 25.1 Å². The summed E-state index contributed by atoms with van der Waals surface area (Å²) in [5.74, 6) is 0.424. The molecule has 1 aliphatic rings. The average Bonchev–Trinajstić information content (AvgIpc) is 2.88. The van der Waals surface area contributed by atoms with Crippen LogP contribution in [0, 0.1) is 5.92 Å². The lowest BCUT2D eigenvalue weighted by molar-refractivity contribution is 0.0286. The SMILES string of the molecule is C[C@](O)(c1ccccn1)C1CC1. The van der Waals surface area contributed by atoms with E-state index in [2.05, 4.69) is 4.98 Å². The van der Waals surface area contributed by atoms with Gasteiger partial charge in [0.2, 0.25) is 0 Å². The zero-order chi connectivity index (χ0) is 8.60. The molecule has 2 heteroatoms. The molecule has 2 nitrogen and oxygen atoms in total. The van der Waals surface area contributed by atoms with Crippen molar-refractivity contribution in [3.05, 3.63) is 30.1 Å². The van der Waals surface area contributed by atoms with E-state index in [0.717, 1.165) is 18.5 Å². The van der Waals surface area contributed by atoms with Crippen molar-refractivity contribution >= 4 is 0 Å². The molecule has 0 bridgehead atoms. The van der Waals surface area contributed by atoms with Gasteiger partial charge < -0.3 is 5.11 Å². The first-order chi connectivity index (χ1) is 5.71. The van der Waals surface area contributed by atoms with Gasteiger partial charge in [-0.15, -0.1) is 0 Å². The van der Waals surface area contributed by atoms with Crippen LogP contribution in [0.25, 0.3) is 0 Å². The molecule has 0 saturated heterocycles. The summed E-state index contributed by atoms with van der Waals surface area (Å²) in [7, 11) is 0. The molecular weight excluding hydrogens is 150 g/mol. The van der Waals surface area contributed by atoms with Crippen molar-refractivity contribution in [2.75, 3.05) is 0 Å². The van der Waals surface area contributed by atoms with Crippen LogP contribution >= 0.6 is 0 Å².